The quantitative estimate of drug-likeness (QED) is 0.560. The Labute approximate surface area is 103 Å². The van der Waals surface area contributed by atoms with Crippen LogP contribution in [0, 0.1) is 0 Å². The van der Waals surface area contributed by atoms with Gasteiger partial charge in [-0.25, -0.2) is 0 Å². The molecule has 1 aliphatic rings. The number of hydrogen-bond acceptors (Lipinski definition) is 2. The van der Waals surface area contributed by atoms with Crippen LogP contribution in [0.1, 0.15) is 11.1 Å². The number of fused-ring (bicyclic) bond motifs is 2. The first-order valence-electron chi connectivity index (χ1n) is 5.08. The molecular weight excluding hydrogens is 236 g/mol. The SMILES string of the molecule is [O-][S+]1c2ccccc2Cc2c(S)cccc21. The Hall–Kier alpha value is -0.900. The maximum atomic E-state index is 12.3. The van der Waals surface area contributed by atoms with Crippen LogP contribution in [0.3, 0.4) is 0 Å². The predicted octanol–water partition coefficient (Wildman–Crippen LogP) is 3.05. The second-order valence-corrected chi connectivity index (χ2v) is 5.71. The molecule has 0 radical (unpaired) electrons. The predicted molar refractivity (Wildman–Crippen MR) is 67.6 cm³/mol. The van der Waals surface area contributed by atoms with E-state index >= 15 is 0 Å². The Bertz CT molecular complexity index is 551. The summed E-state index contributed by atoms with van der Waals surface area (Å²) in [7, 11) is 0. The van der Waals surface area contributed by atoms with Crippen molar-refractivity contribution in [2.24, 2.45) is 0 Å². The molecule has 1 heterocycles. The van der Waals surface area contributed by atoms with E-state index in [0.29, 0.717) is 0 Å². The molecule has 80 valence electrons. The van der Waals surface area contributed by atoms with Crippen LogP contribution in [0.4, 0.5) is 0 Å². The smallest absolute Gasteiger partial charge is 0.163 e. The summed E-state index contributed by atoms with van der Waals surface area (Å²) in [5.41, 5.74) is 2.25. The second kappa shape index (κ2) is 3.84. The van der Waals surface area contributed by atoms with Gasteiger partial charge in [0.25, 0.3) is 0 Å². The summed E-state index contributed by atoms with van der Waals surface area (Å²) < 4.78 is 12.3. The minimum atomic E-state index is -1.05. The summed E-state index contributed by atoms with van der Waals surface area (Å²) >= 11 is 3.38. The van der Waals surface area contributed by atoms with Crippen LogP contribution in [0.15, 0.2) is 57.2 Å². The number of benzene rings is 2. The van der Waals surface area contributed by atoms with E-state index in [1.165, 1.54) is 0 Å². The van der Waals surface area contributed by atoms with Crippen LogP contribution in [0.2, 0.25) is 0 Å². The van der Waals surface area contributed by atoms with Gasteiger partial charge in [-0.2, -0.15) is 0 Å². The number of rotatable bonds is 0. The molecule has 0 aromatic heterocycles. The van der Waals surface area contributed by atoms with Gasteiger partial charge in [-0.05, 0) is 18.2 Å². The lowest BCUT2D eigenvalue weighted by molar-refractivity contribution is 0.590. The first-order chi connectivity index (χ1) is 7.77. The first kappa shape index (κ1) is 10.3. The third-order valence-corrected chi connectivity index (χ3v) is 4.85. The summed E-state index contributed by atoms with van der Waals surface area (Å²) in [4.78, 5) is 2.78. The Kier molecular flexibility index (Phi) is 2.46. The van der Waals surface area contributed by atoms with E-state index in [0.717, 1.165) is 32.2 Å². The van der Waals surface area contributed by atoms with E-state index in [1.54, 1.807) is 0 Å². The van der Waals surface area contributed by atoms with Crippen LogP contribution >= 0.6 is 12.6 Å². The molecule has 0 saturated carbocycles. The number of hydrogen-bond donors (Lipinski definition) is 1. The molecule has 1 aliphatic heterocycles. The highest BCUT2D eigenvalue weighted by Gasteiger charge is 2.28. The molecule has 0 amide bonds. The summed E-state index contributed by atoms with van der Waals surface area (Å²) in [6, 6.07) is 13.7. The lowest BCUT2D eigenvalue weighted by Crippen LogP contribution is -2.14. The van der Waals surface area contributed by atoms with Gasteiger partial charge in [0.05, 0.1) is 0 Å². The molecule has 0 aliphatic carbocycles. The molecule has 0 spiro atoms. The molecule has 0 bridgehead atoms. The van der Waals surface area contributed by atoms with Crippen LogP contribution in [0.5, 0.6) is 0 Å². The van der Waals surface area contributed by atoms with Crippen molar-refractivity contribution in [1.82, 2.24) is 0 Å². The van der Waals surface area contributed by atoms with E-state index in [4.69, 9.17) is 0 Å². The highest BCUT2D eigenvalue weighted by Crippen LogP contribution is 2.36. The molecule has 1 unspecified atom stereocenters. The van der Waals surface area contributed by atoms with Crippen molar-refractivity contribution < 1.29 is 4.55 Å². The summed E-state index contributed by atoms with van der Waals surface area (Å²) in [6.07, 6.45) is 0.830. The lowest BCUT2D eigenvalue weighted by atomic mass is 10.0. The van der Waals surface area contributed by atoms with Gasteiger partial charge in [0.2, 0.25) is 0 Å². The third kappa shape index (κ3) is 1.47. The van der Waals surface area contributed by atoms with Crippen molar-refractivity contribution in [2.75, 3.05) is 0 Å². The minimum Gasteiger partial charge on any atom is -0.606 e. The van der Waals surface area contributed by atoms with Crippen molar-refractivity contribution in [2.45, 2.75) is 21.1 Å². The minimum absolute atomic E-state index is 0.830. The molecule has 3 heteroatoms. The van der Waals surface area contributed by atoms with Crippen LogP contribution < -0.4 is 0 Å². The van der Waals surface area contributed by atoms with Crippen LogP contribution in [-0.2, 0) is 17.6 Å². The van der Waals surface area contributed by atoms with Crippen molar-refractivity contribution in [3.05, 3.63) is 53.6 Å². The second-order valence-electron chi connectivity index (χ2n) is 3.81. The molecule has 3 rings (SSSR count). The van der Waals surface area contributed by atoms with E-state index in [-0.39, 0.29) is 0 Å². The molecule has 16 heavy (non-hydrogen) atoms. The highest BCUT2D eigenvalue weighted by atomic mass is 32.2. The maximum Gasteiger partial charge on any atom is 0.163 e. The lowest BCUT2D eigenvalue weighted by Gasteiger charge is -2.22. The maximum absolute atomic E-state index is 12.3. The van der Waals surface area contributed by atoms with Gasteiger partial charge in [0.1, 0.15) is 0 Å². The zero-order valence-corrected chi connectivity index (χ0v) is 10.2. The van der Waals surface area contributed by atoms with Crippen LogP contribution in [0.25, 0.3) is 0 Å². The van der Waals surface area contributed by atoms with Gasteiger partial charge in [0, 0.05) is 33.6 Å². The monoisotopic (exact) mass is 246 g/mol. The van der Waals surface area contributed by atoms with Gasteiger partial charge in [-0.1, -0.05) is 24.3 Å². The molecule has 2 aromatic carbocycles. The summed E-state index contributed by atoms with van der Waals surface area (Å²) in [6.45, 7) is 0. The molecule has 0 N–H and O–H groups in total. The Morgan fingerprint density at radius 1 is 1.00 bits per heavy atom. The Balaban J connectivity index is 2.22. The fourth-order valence-electron chi connectivity index (χ4n) is 2.05. The zero-order valence-electron chi connectivity index (χ0n) is 8.51. The van der Waals surface area contributed by atoms with E-state index in [1.807, 2.05) is 42.5 Å². The fraction of sp³-hybridized carbons (Fsp3) is 0.0769. The number of thiol groups is 1. The third-order valence-electron chi connectivity index (χ3n) is 2.85. The first-order valence-corrected chi connectivity index (χ1v) is 6.67. The van der Waals surface area contributed by atoms with Crippen molar-refractivity contribution in [3.63, 3.8) is 0 Å². The molecule has 2 aromatic rings. The van der Waals surface area contributed by atoms with Gasteiger partial charge in [-0.3, -0.25) is 0 Å². The topological polar surface area (TPSA) is 23.1 Å². The Morgan fingerprint density at radius 2 is 1.75 bits per heavy atom. The van der Waals surface area contributed by atoms with Crippen molar-refractivity contribution in [3.8, 4) is 0 Å². The molecule has 1 nitrogen and oxygen atoms in total. The zero-order chi connectivity index (χ0) is 11.1. The molecular formula is C13H10OS2. The fourth-order valence-corrected chi connectivity index (χ4v) is 3.83. The average molecular weight is 246 g/mol. The Morgan fingerprint density at radius 3 is 2.62 bits per heavy atom. The molecule has 0 saturated heterocycles. The van der Waals surface area contributed by atoms with E-state index < -0.39 is 11.2 Å². The largest absolute Gasteiger partial charge is 0.606 e. The normalized spacial score (nSPS) is 17.8. The van der Waals surface area contributed by atoms with Gasteiger partial charge < -0.3 is 4.55 Å². The van der Waals surface area contributed by atoms with Crippen LogP contribution in [-0.4, -0.2) is 4.55 Å². The molecule has 1 atom stereocenters. The highest BCUT2D eigenvalue weighted by molar-refractivity contribution is 7.91. The van der Waals surface area contributed by atoms with Crippen molar-refractivity contribution >= 4 is 23.8 Å². The van der Waals surface area contributed by atoms with Gasteiger partial charge in [0.15, 0.2) is 9.79 Å². The standard InChI is InChI=1S/C13H10OS2/c14-16-12-6-2-1-4-9(12)8-10-11(15)5-3-7-13(10)16/h1-7,15H,8H2. The van der Waals surface area contributed by atoms with Gasteiger partial charge >= 0.3 is 0 Å². The van der Waals surface area contributed by atoms with E-state index in [9.17, 15) is 4.55 Å². The summed E-state index contributed by atoms with van der Waals surface area (Å²) in [5.74, 6) is 0. The average Bonchev–Trinajstić information content (AvgIpc) is 2.31. The molecule has 0 fully saturated rings. The van der Waals surface area contributed by atoms with Crippen molar-refractivity contribution in [1.29, 1.82) is 0 Å². The van der Waals surface area contributed by atoms with E-state index in [2.05, 4.69) is 12.6 Å². The summed E-state index contributed by atoms with van der Waals surface area (Å²) in [5, 5.41) is 0. The van der Waals surface area contributed by atoms with Gasteiger partial charge in [-0.15, -0.1) is 12.6 Å².